The van der Waals surface area contributed by atoms with Gasteiger partial charge in [-0.1, -0.05) is 34.1 Å². The van der Waals surface area contributed by atoms with Crippen LogP contribution in [0.4, 0.5) is 4.39 Å². The number of aliphatic hydroxyl groups is 1. The van der Waals surface area contributed by atoms with E-state index in [1.54, 1.807) is 19.1 Å². The third-order valence-electron chi connectivity index (χ3n) is 2.10. The van der Waals surface area contributed by atoms with Gasteiger partial charge in [0.25, 0.3) is 0 Å². The summed E-state index contributed by atoms with van der Waals surface area (Å²) in [5.41, 5.74) is 0.185. The zero-order valence-electron chi connectivity index (χ0n) is 8.78. The van der Waals surface area contributed by atoms with Crippen LogP contribution in [0.5, 0.6) is 0 Å². The standard InChI is InChI=1S/C11H13BrFNO2/c1-7(12)11(16)14-6-10(15)8-4-2-3-5-9(8)13/h2-5,7,10,15H,6H2,1H3,(H,14,16)/t7-,10+/m0/s1. The van der Waals surface area contributed by atoms with Gasteiger partial charge in [0.15, 0.2) is 0 Å². The van der Waals surface area contributed by atoms with Crippen LogP contribution in [-0.2, 0) is 4.79 Å². The molecule has 1 aromatic rings. The van der Waals surface area contributed by atoms with E-state index in [4.69, 9.17) is 0 Å². The van der Waals surface area contributed by atoms with Crippen molar-refractivity contribution in [3.8, 4) is 0 Å². The Labute approximate surface area is 102 Å². The van der Waals surface area contributed by atoms with Crippen LogP contribution in [0.1, 0.15) is 18.6 Å². The van der Waals surface area contributed by atoms with E-state index >= 15 is 0 Å². The predicted molar refractivity (Wildman–Crippen MR) is 62.8 cm³/mol. The number of benzene rings is 1. The van der Waals surface area contributed by atoms with Gasteiger partial charge in [0.2, 0.25) is 5.91 Å². The quantitative estimate of drug-likeness (QED) is 0.830. The molecule has 0 aliphatic carbocycles. The molecule has 1 amide bonds. The molecule has 0 spiro atoms. The normalized spacial score (nSPS) is 14.2. The number of carbonyl (C=O) groups is 1. The molecule has 0 aliphatic heterocycles. The van der Waals surface area contributed by atoms with Crippen LogP contribution in [0.25, 0.3) is 0 Å². The molecule has 0 aliphatic rings. The van der Waals surface area contributed by atoms with E-state index in [1.807, 2.05) is 0 Å². The second kappa shape index (κ2) is 5.96. The fourth-order valence-corrected chi connectivity index (χ4v) is 1.36. The second-order valence-corrected chi connectivity index (χ2v) is 4.77. The molecule has 16 heavy (non-hydrogen) atoms. The minimum Gasteiger partial charge on any atom is -0.386 e. The molecule has 1 rings (SSSR count). The van der Waals surface area contributed by atoms with Crippen molar-refractivity contribution >= 4 is 21.8 Å². The van der Waals surface area contributed by atoms with Crippen molar-refractivity contribution in [1.29, 1.82) is 0 Å². The first-order chi connectivity index (χ1) is 7.52. The minimum absolute atomic E-state index is 0.00426. The monoisotopic (exact) mass is 289 g/mol. The lowest BCUT2D eigenvalue weighted by Gasteiger charge is -2.13. The van der Waals surface area contributed by atoms with Gasteiger partial charge in [0.1, 0.15) is 5.82 Å². The number of halogens is 2. The Kier molecular flexibility index (Phi) is 4.89. The van der Waals surface area contributed by atoms with Gasteiger partial charge >= 0.3 is 0 Å². The molecule has 3 nitrogen and oxygen atoms in total. The topological polar surface area (TPSA) is 49.3 Å². The zero-order valence-corrected chi connectivity index (χ0v) is 10.4. The van der Waals surface area contributed by atoms with Crippen molar-refractivity contribution in [2.75, 3.05) is 6.54 Å². The smallest absolute Gasteiger partial charge is 0.233 e. The van der Waals surface area contributed by atoms with E-state index in [9.17, 15) is 14.3 Å². The van der Waals surface area contributed by atoms with E-state index in [0.717, 1.165) is 0 Å². The molecule has 0 saturated heterocycles. The molecule has 1 aromatic carbocycles. The number of carbonyl (C=O) groups excluding carboxylic acids is 1. The molecule has 0 aromatic heterocycles. The maximum atomic E-state index is 13.2. The van der Waals surface area contributed by atoms with Crippen molar-refractivity contribution in [1.82, 2.24) is 5.32 Å². The number of hydrogen-bond donors (Lipinski definition) is 2. The number of aliphatic hydroxyl groups excluding tert-OH is 1. The van der Waals surface area contributed by atoms with Crippen molar-refractivity contribution in [3.05, 3.63) is 35.6 Å². The molecule has 0 heterocycles. The Balaban J connectivity index is 2.56. The SMILES string of the molecule is C[C@H](Br)C(=O)NC[C@@H](O)c1ccccc1F. The van der Waals surface area contributed by atoms with Gasteiger partial charge in [-0.15, -0.1) is 0 Å². The van der Waals surface area contributed by atoms with Crippen molar-refractivity contribution in [3.63, 3.8) is 0 Å². The van der Waals surface area contributed by atoms with Crippen molar-refractivity contribution < 1.29 is 14.3 Å². The molecule has 88 valence electrons. The van der Waals surface area contributed by atoms with Gasteiger partial charge in [-0.3, -0.25) is 4.79 Å². The van der Waals surface area contributed by atoms with Crippen LogP contribution in [0, 0.1) is 5.82 Å². The Bertz CT molecular complexity index is 371. The molecule has 2 N–H and O–H groups in total. The summed E-state index contributed by atoms with van der Waals surface area (Å²) in [6.07, 6.45) is -1.03. The number of rotatable bonds is 4. The largest absolute Gasteiger partial charge is 0.386 e. The molecule has 0 saturated carbocycles. The van der Waals surface area contributed by atoms with E-state index in [2.05, 4.69) is 21.2 Å². The molecular weight excluding hydrogens is 277 g/mol. The van der Waals surface area contributed by atoms with Crippen LogP contribution < -0.4 is 5.32 Å². The summed E-state index contributed by atoms with van der Waals surface area (Å²) >= 11 is 3.09. The second-order valence-electron chi connectivity index (χ2n) is 3.40. The van der Waals surface area contributed by atoms with Gasteiger partial charge in [-0.25, -0.2) is 4.39 Å². The summed E-state index contributed by atoms with van der Waals surface area (Å²) in [7, 11) is 0. The first kappa shape index (κ1) is 13.1. The van der Waals surface area contributed by atoms with Crippen LogP contribution in [0.15, 0.2) is 24.3 Å². The highest BCUT2D eigenvalue weighted by Crippen LogP contribution is 2.15. The molecule has 0 unspecified atom stereocenters. The summed E-state index contributed by atoms with van der Waals surface area (Å²) in [6.45, 7) is 1.67. The lowest BCUT2D eigenvalue weighted by atomic mass is 10.1. The van der Waals surface area contributed by atoms with Crippen LogP contribution in [0.2, 0.25) is 0 Å². The van der Waals surface area contributed by atoms with Crippen molar-refractivity contribution in [2.45, 2.75) is 17.9 Å². The highest BCUT2D eigenvalue weighted by molar-refractivity contribution is 9.10. The molecule has 2 atom stereocenters. The van der Waals surface area contributed by atoms with Gasteiger partial charge < -0.3 is 10.4 Å². The molecule has 0 radical (unpaired) electrons. The van der Waals surface area contributed by atoms with Crippen LogP contribution in [-0.4, -0.2) is 22.4 Å². The fraction of sp³-hybridized carbons (Fsp3) is 0.364. The Morgan fingerprint density at radius 3 is 2.75 bits per heavy atom. The number of alkyl halides is 1. The average Bonchev–Trinajstić information content (AvgIpc) is 2.25. The lowest BCUT2D eigenvalue weighted by molar-refractivity contribution is -0.120. The van der Waals surface area contributed by atoms with Crippen LogP contribution >= 0.6 is 15.9 Å². The van der Waals surface area contributed by atoms with E-state index in [1.165, 1.54) is 12.1 Å². The molecular formula is C11H13BrFNO2. The Morgan fingerprint density at radius 1 is 1.56 bits per heavy atom. The summed E-state index contributed by atoms with van der Waals surface area (Å²) in [5.74, 6) is -0.716. The molecule has 0 fully saturated rings. The third kappa shape index (κ3) is 3.57. The Morgan fingerprint density at radius 2 is 2.19 bits per heavy atom. The summed E-state index contributed by atoms with van der Waals surface area (Å²) in [5, 5.41) is 12.2. The predicted octanol–water partition coefficient (Wildman–Crippen LogP) is 1.76. The highest BCUT2D eigenvalue weighted by atomic mass is 79.9. The van der Waals surface area contributed by atoms with Crippen molar-refractivity contribution in [2.24, 2.45) is 0 Å². The van der Waals surface area contributed by atoms with E-state index < -0.39 is 11.9 Å². The van der Waals surface area contributed by atoms with Gasteiger partial charge in [-0.05, 0) is 13.0 Å². The van der Waals surface area contributed by atoms with Gasteiger partial charge in [-0.2, -0.15) is 0 Å². The average molecular weight is 290 g/mol. The molecule has 0 bridgehead atoms. The fourth-order valence-electron chi connectivity index (χ4n) is 1.19. The van der Waals surface area contributed by atoms with Crippen LogP contribution in [0.3, 0.4) is 0 Å². The van der Waals surface area contributed by atoms with Gasteiger partial charge in [0.05, 0.1) is 10.9 Å². The molecule has 5 heteroatoms. The maximum absolute atomic E-state index is 13.2. The summed E-state index contributed by atoms with van der Waals surface area (Å²) in [6, 6.07) is 5.94. The lowest BCUT2D eigenvalue weighted by Crippen LogP contribution is -2.33. The zero-order chi connectivity index (χ0) is 12.1. The maximum Gasteiger partial charge on any atom is 0.233 e. The van der Waals surface area contributed by atoms with E-state index in [0.29, 0.717) is 0 Å². The first-order valence-electron chi connectivity index (χ1n) is 4.86. The third-order valence-corrected chi connectivity index (χ3v) is 2.51. The summed E-state index contributed by atoms with van der Waals surface area (Å²) < 4.78 is 13.2. The first-order valence-corrected chi connectivity index (χ1v) is 5.78. The number of amides is 1. The Hall–Kier alpha value is -0.940. The highest BCUT2D eigenvalue weighted by Gasteiger charge is 2.14. The summed E-state index contributed by atoms with van der Waals surface area (Å²) in [4.78, 5) is 10.9. The minimum atomic E-state index is -1.03. The number of hydrogen-bond acceptors (Lipinski definition) is 2. The number of nitrogens with one attached hydrogen (secondary N) is 1. The van der Waals surface area contributed by atoms with Gasteiger partial charge in [0, 0.05) is 12.1 Å². The van der Waals surface area contributed by atoms with E-state index in [-0.39, 0.29) is 22.8 Å².